The third-order valence-electron chi connectivity index (χ3n) is 6.84. The van der Waals surface area contributed by atoms with Crippen LogP contribution in [0.25, 0.3) is 10.8 Å². The maximum absolute atomic E-state index is 10.5. The maximum Gasteiger partial charge on any atom is 0.196 e. The quantitative estimate of drug-likeness (QED) is 0.231. The molecule has 0 radical (unpaired) electrons. The minimum atomic E-state index is -0.428. The second-order valence-electron chi connectivity index (χ2n) is 9.27. The van der Waals surface area contributed by atoms with E-state index in [1.165, 1.54) is 21.9 Å². The first kappa shape index (κ1) is 23.8. The van der Waals surface area contributed by atoms with Crippen molar-refractivity contribution in [3.05, 3.63) is 106 Å². The van der Waals surface area contributed by atoms with Crippen molar-refractivity contribution in [3.8, 4) is 11.5 Å². The number of hydrogen-bond acceptors (Lipinski definition) is 3. The highest BCUT2D eigenvalue weighted by molar-refractivity contribution is 5.83. The predicted molar refractivity (Wildman–Crippen MR) is 140 cm³/mol. The highest BCUT2D eigenvalue weighted by Gasteiger charge is 2.33. The molecule has 0 aliphatic rings. The van der Waals surface area contributed by atoms with Crippen molar-refractivity contribution in [2.75, 3.05) is 6.61 Å². The van der Waals surface area contributed by atoms with E-state index in [4.69, 9.17) is 9.47 Å². The van der Waals surface area contributed by atoms with Gasteiger partial charge in [-0.2, -0.15) is 0 Å². The molecule has 4 aromatic rings. The van der Waals surface area contributed by atoms with Gasteiger partial charge in [-0.25, -0.2) is 0 Å². The molecule has 176 valence electrons. The van der Waals surface area contributed by atoms with Crippen molar-refractivity contribution in [1.82, 2.24) is 0 Å². The summed E-state index contributed by atoms with van der Waals surface area (Å²) >= 11 is 0. The van der Waals surface area contributed by atoms with Crippen LogP contribution in [0.1, 0.15) is 54.2 Å². The smallest absolute Gasteiger partial charge is 0.196 e. The van der Waals surface area contributed by atoms with Crippen molar-refractivity contribution in [1.29, 1.82) is 0 Å². The Labute approximate surface area is 203 Å². The molecule has 0 fully saturated rings. The zero-order chi connectivity index (χ0) is 24.5. The van der Waals surface area contributed by atoms with Gasteiger partial charge in [0, 0.05) is 12.0 Å². The summed E-state index contributed by atoms with van der Waals surface area (Å²) in [7, 11) is 0. The summed E-state index contributed by atoms with van der Waals surface area (Å²) < 4.78 is 11.6. The van der Waals surface area contributed by atoms with Crippen LogP contribution in [-0.2, 0) is 10.2 Å². The number of phenols is 1. The number of aromatic hydroxyl groups is 1. The highest BCUT2D eigenvalue weighted by Crippen LogP contribution is 2.43. The lowest BCUT2D eigenvalue weighted by atomic mass is 9.70. The van der Waals surface area contributed by atoms with Crippen LogP contribution in [-0.4, -0.2) is 18.0 Å². The van der Waals surface area contributed by atoms with E-state index in [1.807, 2.05) is 33.8 Å². The van der Waals surface area contributed by atoms with Crippen molar-refractivity contribution < 1.29 is 14.6 Å². The third-order valence-corrected chi connectivity index (χ3v) is 6.84. The average Bonchev–Trinajstić information content (AvgIpc) is 2.82. The van der Waals surface area contributed by atoms with Crippen molar-refractivity contribution in [2.24, 2.45) is 0 Å². The van der Waals surface area contributed by atoms with Gasteiger partial charge in [-0.05, 0) is 97.8 Å². The molecule has 0 amide bonds. The predicted octanol–water partition coefficient (Wildman–Crippen LogP) is 7.59. The largest absolute Gasteiger partial charge is 0.507 e. The van der Waals surface area contributed by atoms with E-state index in [9.17, 15) is 5.11 Å². The number of hydrogen-bond donors (Lipinski definition) is 1. The first-order valence-corrected chi connectivity index (χ1v) is 11.9. The van der Waals surface area contributed by atoms with E-state index >= 15 is 0 Å². The third kappa shape index (κ3) is 4.41. The molecular formula is C31H34O3. The zero-order valence-corrected chi connectivity index (χ0v) is 21.0. The Bertz CT molecular complexity index is 1300. The summed E-state index contributed by atoms with van der Waals surface area (Å²) in [4.78, 5) is 0. The Balaban J connectivity index is 1.90. The van der Waals surface area contributed by atoms with Crippen LogP contribution in [0.15, 0.2) is 72.8 Å². The summed E-state index contributed by atoms with van der Waals surface area (Å²) in [6, 6.07) is 25.7. The number of fused-ring (bicyclic) bond motifs is 1. The zero-order valence-electron chi connectivity index (χ0n) is 21.0. The Hall–Kier alpha value is -3.30. The molecule has 0 saturated carbocycles. The van der Waals surface area contributed by atoms with Gasteiger partial charge >= 0.3 is 0 Å². The summed E-state index contributed by atoms with van der Waals surface area (Å²) in [5.41, 5.74) is 5.90. The van der Waals surface area contributed by atoms with Crippen molar-refractivity contribution >= 4 is 10.8 Å². The fourth-order valence-corrected chi connectivity index (χ4v) is 4.79. The van der Waals surface area contributed by atoms with E-state index in [1.54, 1.807) is 0 Å². The Kier molecular flexibility index (Phi) is 6.67. The van der Waals surface area contributed by atoms with Gasteiger partial charge in [-0.15, -0.1) is 0 Å². The Morgan fingerprint density at radius 1 is 0.765 bits per heavy atom. The molecule has 0 aliphatic heterocycles. The van der Waals surface area contributed by atoms with Gasteiger partial charge in [0.05, 0.1) is 0 Å². The molecule has 0 saturated heterocycles. The second-order valence-corrected chi connectivity index (χ2v) is 9.27. The van der Waals surface area contributed by atoms with Crippen LogP contribution < -0.4 is 4.74 Å². The SMILES string of the molecule is CCOC(C)Oc1ccc(C(C)(c2cc(C)c(O)c(C)c2)c2ccc3ccccc3c2)cc1C. The lowest BCUT2D eigenvalue weighted by Crippen LogP contribution is -2.26. The molecule has 3 nitrogen and oxygen atoms in total. The van der Waals surface area contributed by atoms with Gasteiger partial charge in [-0.1, -0.05) is 60.7 Å². The van der Waals surface area contributed by atoms with Crippen LogP contribution in [0, 0.1) is 20.8 Å². The molecule has 0 aromatic heterocycles. The number of benzene rings is 4. The van der Waals surface area contributed by atoms with Gasteiger partial charge in [0.25, 0.3) is 0 Å². The normalized spacial score (nSPS) is 14.1. The van der Waals surface area contributed by atoms with Gasteiger partial charge < -0.3 is 14.6 Å². The van der Waals surface area contributed by atoms with Crippen LogP contribution in [0.3, 0.4) is 0 Å². The first-order chi connectivity index (χ1) is 16.2. The molecule has 2 unspecified atom stereocenters. The monoisotopic (exact) mass is 454 g/mol. The number of phenolic OH excluding ortho intramolecular Hbond substituents is 1. The minimum absolute atomic E-state index is 0.302. The van der Waals surface area contributed by atoms with Crippen LogP contribution in [0.2, 0.25) is 0 Å². The van der Waals surface area contributed by atoms with Gasteiger partial charge in [-0.3, -0.25) is 0 Å². The fraction of sp³-hybridized carbons (Fsp3) is 0.290. The Morgan fingerprint density at radius 2 is 1.35 bits per heavy atom. The molecule has 0 spiro atoms. The summed E-state index contributed by atoms with van der Waals surface area (Å²) in [6.07, 6.45) is -0.302. The molecule has 4 rings (SSSR count). The number of ether oxygens (including phenoxy) is 2. The first-order valence-electron chi connectivity index (χ1n) is 11.9. The highest BCUT2D eigenvalue weighted by atomic mass is 16.7. The molecule has 3 heteroatoms. The molecule has 0 aliphatic carbocycles. The molecule has 0 bridgehead atoms. The van der Waals surface area contributed by atoms with Crippen molar-refractivity contribution in [2.45, 2.75) is 53.2 Å². The van der Waals surface area contributed by atoms with Crippen LogP contribution in [0.5, 0.6) is 11.5 Å². The molecular weight excluding hydrogens is 420 g/mol. The fourth-order valence-electron chi connectivity index (χ4n) is 4.79. The molecule has 34 heavy (non-hydrogen) atoms. The van der Waals surface area contributed by atoms with Gasteiger partial charge in [0.1, 0.15) is 11.5 Å². The lowest BCUT2D eigenvalue weighted by Gasteiger charge is -2.33. The Morgan fingerprint density at radius 3 is 2.00 bits per heavy atom. The maximum atomic E-state index is 10.5. The van der Waals surface area contributed by atoms with E-state index in [0.717, 1.165) is 28.0 Å². The molecule has 4 aromatic carbocycles. The van der Waals surface area contributed by atoms with E-state index in [0.29, 0.717) is 12.4 Å². The van der Waals surface area contributed by atoms with E-state index in [2.05, 4.69) is 80.6 Å². The van der Waals surface area contributed by atoms with Crippen LogP contribution in [0.4, 0.5) is 0 Å². The van der Waals surface area contributed by atoms with E-state index < -0.39 is 5.41 Å². The average molecular weight is 455 g/mol. The second kappa shape index (κ2) is 9.52. The number of aryl methyl sites for hydroxylation is 3. The van der Waals surface area contributed by atoms with E-state index in [-0.39, 0.29) is 6.29 Å². The molecule has 0 heterocycles. The standard InChI is InChI=1S/C31H34O3/c1-7-33-23(5)34-29-15-14-26(16-20(29)2)31(6,28-17-21(3)30(32)22(4)18-28)27-13-12-24-10-8-9-11-25(24)19-27/h8-19,23,32H,7H2,1-6H3. The number of rotatable bonds is 7. The van der Waals surface area contributed by atoms with Gasteiger partial charge in [0.15, 0.2) is 6.29 Å². The summed E-state index contributed by atoms with van der Waals surface area (Å²) in [5, 5.41) is 12.9. The summed E-state index contributed by atoms with van der Waals surface area (Å²) in [5.74, 6) is 1.18. The lowest BCUT2D eigenvalue weighted by molar-refractivity contribution is -0.0616. The minimum Gasteiger partial charge on any atom is -0.507 e. The topological polar surface area (TPSA) is 38.7 Å². The van der Waals surface area contributed by atoms with Gasteiger partial charge in [0.2, 0.25) is 0 Å². The molecule has 1 N–H and O–H groups in total. The van der Waals surface area contributed by atoms with Crippen molar-refractivity contribution in [3.63, 3.8) is 0 Å². The molecule has 2 atom stereocenters. The van der Waals surface area contributed by atoms with Crippen LogP contribution >= 0.6 is 0 Å². The summed E-state index contributed by atoms with van der Waals surface area (Å²) in [6.45, 7) is 12.8.